The first-order valence-corrected chi connectivity index (χ1v) is 8.93. The largest absolute Gasteiger partial charge is 0.379 e. The van der Waals surface area contributed by atoms with Gasteiger partial charge in [0.05, 0.1) is 24.3 Å². The molecule has 2 aromatic rings. The Labute approximate surface area is 158 Å². The molecule has 1 aliphatic heterocycles. The fraction of sp³-hybridized carbons (Fsp3) is 0.368. The molecule has 8 nitrogen and oxygen atoms in total. The molecule has 0 atom stereocenters. The highest BCUT2D eigenvalue weighted by Gasteiger charge is 2.13. The summed E-state index contributed by atoms with van der Waals surface area (Å²) in [5.74, 6) is -0.521. The molecule has 0 aromatic carbocycles. The predicted molar refractivity (Wildman–Crippen MR) is 99.2 cm³/mol. The average molecular weight is 369 g/mol. The Bertz CT molecular complexity index is 763. The van der Waals surface area contributed by atoms with Crippen LogP contribution in [-0.2, 0) is 11.3 Å². The van der Waals surface area contributed by atoms with Gasteiger partial charge in [-0.15, -0.1) is 0 Å². The van der Waals surface area contributed by atoms with E-state index >= 15 is 0 Å². The maximum atomic E-state index is 12.3. The van der Waals surface area contributed by atoms with E-state index in [-0.39, 0.29) is 11.8 Å². The van der Waals surface area contributed by atoms with Crippen molar-refractivity contribution in [1.29, 1.82) is 0 Å². The van der Waals surface area contributed by atoms with Crippen LogP contribution in [0.2, 0.25) is 0 Å². The minimum Gasteiger partial charge on any atom is -0.379 e. The van der Waals surface area contributed by atoms with Crippen LogP contribution < -0.4 is 10.6 Å². The van der Waals surface area contributed by atoms with Crippen LogP contribution in [-0.4, -0.2) is 66.1 Å². The molecule has 27 heavy (non-hydrogen) atoms. The van der Waals surface area contributed by atoms with Crippen LogP contribution in [0.4, 0.5) is 0 Å². The summed E-state index contributed by atoms with van der Waals surface area (Å²) in [6.07, 6.45) is 6.28. The number of ether oxygens (including phenoxy) is 1. The number of carbonyl (C=O) groups is 2. The molecule has 0 spiro atoms. The second kappa shape index (κ2) is 9.75. The lowest BCUT2D eigenvalue weighted by Crippen LogP contribution is -2.41. The van der Waals surface area contributed by atoms with E-state index in [1.54, 1.807) is 18.5 Å². The molecule has 0 saturated carbocycles. The summed E-state index contributed by atoms with van der Waals surface area (Å²) >= 11 is 0. The molecule has 142 valence electrons. The summed E-state index contributed by atoms with van der Waals surface area (Å²) in [6.45, 7) is 4.89. The van der Waals surface area contributed by atoms with Crippen molar-refractivity contribution in [1.82, 2.24) is 25.5 Å². The molecule has 1 fully saturated rings. The summed E-state index contributed by atoms with van der Waals surface area (Å²) in [5, 5.41) is 5.67. The molecule has 2 aromatic heterocycles. The number of aromatic nitrogens is 2. The highest BCUT2D eigenvalue weighted by molar-refractivity contribution is 5.99. The number of pyridine rings is 2. The highest BCUT2D eigenvalue weighted by atomic mass is 16.5. The topological polar surface area (TPSA) is 96.5 Å². The zero-order chi connectivity index (χ0) is 18.9. The molecule has 0 unspecified atom stereocenters. The molecular formula is C19H23N5O3. The fourth-order valence-electron chi connectivity index (χ4n) is 2.73. The van der Waals surface area contributed by atoms with Crippen LogP contribution in [0.15, 0.2) is 43.0 Å². The van der Waals surface area contributed by atoms with Gasteiger partial charge in [0.15, 0.2) is 0 Å². The van der Waals surface area contributed by atoms with Gasteiger partial charge in [-0.3, -0.25) is 24.5 Å². The molecule has 2 N–H and O–H groups in total. The second-order valence-electron chi connectivity index (χ2n) is 6.22. The summed E-state index contributed by atoms with van der Waals surface area (Å²) in [6, 6.07) is 5.24. The number of carbonyl (C=O) groups excluding carboxylic acids is 2. The van der Waals surface area contributed by atoms with Gasteiger partial charge in [0.25, 0.3) is 11.8 Å². The van der Waals surface area contributed by atoms with Gasteiger partial charge in [-0.05, 0) is 17.7 Å². The van der Waals surface area contributed by atoms with Gasteiger partial charge in [-0.1, -0.05) is 6.07 Å². The average Bonchev–Trinajstić information content (AvgIpc) is 2.73. The molecule has 0 radical (unpaired) electrons. The van der Waals surface area contributed by atoms with Gasteiger partial charge < -0.3 is 15.4 Å². The van der Waals surface area contributed by atoms with Gasteiger partial charge in [-0.25, -0.2) is 0 Å². The molecule has 1 aliphatic rings. The quantitative estimate of drug-likeness (QED) is 0.736. The smallest absolute Gasteiger partial charge is 0.253 e. The first-order valence-electron chi connectivity index (χ1n) is 8.93. The van der Waals surface area contributed by atoms with E-state index in [4.69, 9.17) is 4.74 Å². The lowest BCUT2D eigenvalue weighted by Gasteiger charge is -2.26. The van der Waals surface area contributed by atoms with Crippen LogP contribution >= 0.6 is 0 Å². The van der Waals surface area contributed by atoms with E-state index in [1.807, 2.05) is 12.1 Å². The molecule has 3 heterocycles. The van der Waals surface area contributed by atoms with Gasteiger partial charge in [0, 0.05) is 57.5 Å². The van der Waals surface area contributed by atoms with E-state index in [0.717, 1.165) is 38.4 Å². The van der Waals surface area contributed by atoms with Crippen molar-refractivity contribution < 1.29 is 14.3 Å². The molecule has 2 amide bonds. The lowest BCUT2D eigenvalue weighted by atomic mass is 10.2. The number of morpholine rings is 1. The predicted octanol–water partition coefficient (Wildman–Crippen LogP) is 0.469. The van der Waals surface area contributed by atoms with Crippen LogP contribution in [0.3, 0.4) is 0 Å². The van der Waals surface area contributed by atoms with Crippen molar-refractivity contribution in [3.8, 4) is 0 Å². The zero-order valence-corrected chi connectivity index (χ0v) is 15.1. The third kappa shape index (κ3) is 5.83. The minimum atomic E-state index is -0.283. The molecule has 0 aliphatic carbocycles. The van der Waals surface area contributed by atoms with Crippen LogP contribution in [0.5, 0.6) is 0 Å². The maximum absolute atomic E-state index is 12.3. The number of hydrogen-bond acceptors (Lipinski definition) is 6. The molecule has 3 rings (SSSR count). The Hall–Kier alpha value is -2.84. The standard InChI is InChI=1S/C19H23N5O3/c25-18(22-4-5-24-6-8-27-9-7-24)16-10-17(14-21-13-16)19(26)23-12-15-2-1-3-20-11-15/h1-3,10-11,13-14H,4-9,12H2,(H,22,25)(H,23,26). The Kier molecular flexibility index (Phi) is 6.84. The SMILES string of the molecule is O=C(NCCN1CCOCC1)c1cncc(C(=O)NCc2cccnc2)c1. The zero-order valence-electron chi connectivity index (χ0n) is 15.1. The molecule has 1 saturated heterocycles. The molecule has 0 bridgehead atoms. The fourth-order valence-corrected chi connectivity index (χ4v) is 2.73. The first-order chi connectivity index (χ1) is 13.2. The molecular weight excluding hydrogens is 346 g/mol. The lowest BCUT2D eigenvalue weighted by molar-refractivity contribution is 0.0383. The monoisotopic (exact) mass is 369 g/mol. The van der Waals surface area contributed by atoms with E-state index in [1.165, 1.54) is 12.4 Å². The van der Waals surface area contributed by atoms with Crippen LogP contribution in [0, 0.1) is 0 Å². The van der Waals surface area contributed by atoms with E-state index in [2.05, 4.69) is 25.5 Å². The Balaban J connectivity index is 1.49. The number of hydrogen-bond donors (Lipinski definition) is 2. The number of amides is 2. The van der Waals surface area contributed by atoms with Crippen molar-refractivity contribution in [3.63, 3.8) is 0 Å². The Morgan fingerprint density at radius 3 is 2.48 bits per heavy atom. The summed E-state index contributed by atoms with van der Waals surface area (Å²) in [5.41, 5.74) is 1.61. The summed E-state index contributed by atoms with van der Waals surface area (Å²) in [7, 11) is 0. The number of nitrogens with one attached hydrogen (secondary N) is 2. The summed E-state index contributed by atoms with van der Waals surface area (Å²) in [4.78, 5) is 34.9. The minimum absolute atomic E-state index is 0.238. The van der Waals surface area contributed by atoms with Crippen LogP contribution in [0.25, 0.3) is 0 Å². The van der Waals surface area contributed by atoms with Crippen molar-refractivity contribution in [2.24, 2.45) is 0 Å². The maximum Gasteiger partial charge on any atom is 0.253 e. The van der Waals surface area contributed by atoms with E-state index in [9.17, 15) is 9.59 Å². The second-order valence-corrected chi connectivity index (χ2v) is 6.22. The van der Waals surface area contributed by atoms with Gasteiger partial charge in [-0.2, -0.15) is 0 Å². The van der Waals surface area contributed by atoms with E-state index in [0.29, 0.717) is 24.2 Å². The van der Waals surface area contributed by atoms with Crippen molar-refractivity contribution in [2.45, 2.75) is 6.54 Å². The number of rotatable bonds is 7. The normalized spacial score (nSPS) is 14.5. The van der Waals surface area contributed by atoms with Gasteiger partial charge >= 0.3 is 0 Å². The third-order valence-corrected chi connectivity index (χ3v) is 4.26. The van der Waals surface area contributed by atoms with Crippen molar-refractivity contribution in [2.75, 3.05) is 39.4 Å². The Morgan fingerprint density at radius 2 is 1.78 bits per heavy atom. The third-order valence-electron chi connectivity index (χ3n) is 4.26. The van der Waals surface area contributed by atoms with Gasteiger partial charge in [0.1, 0.15) is 0 Å². The van der Waals surface area contributed by atoms with Crippen LogP contribution in [0.1, 0.15) is 26.3 Å². The number of nitrogens with zero attached hydrogens (tertiary/aromatic N) is 3. The van der Waals surface area contributed by atoms with E-state index < -0.39 is 0 Å². The van der Waals surface area contributed by atoms with Crippen molar-refractivity contribution >= 4 is 11.8 Å². The molecule has 8 heteroatoms. The van der Waals surface area contributed by atoms with Crippen molar-refractivity contribution in [3.05, 3.63) is 59.7 Å². The summed E-state index contributed by atoms with van der Waals surface area (Å²) < 4.78 is 5.30. The highest BCUT2D eigenvalue weighted by Crippen LogP contribution is 2.04. The first kappa shape index (κ1) is 18.9. The Morgan fingerprint density at radius 1 is 1.04 bits per heavy atom. The van der Waals surface area contributed by atoms with Gasteiger partial charge in [0.2, 0.25) is 0 Å².